The van der Waals surface area contributed by atoms with Gasteiger partial charge in [0.1, 0.15) is 6.54 Å². The predicted molar refractivity (Wildman–Crippen MR) is 156 cm³/mol. The molecule has 0 radical (unpaired) electrons. The quantitative estimate of drug-likeness (QED) is 0.512. The molecule has 1 fully saturated rings. The molecule has 2 aliphatic heterocycles. The van der Waals surface area contributed by atoms with E-state index in [0.29, 0.717) is 44.5 Å². The predicted octanol–water partition coefficient (Wildman–Crippen LogP) is 3.79. The van der Waals surface area contributed by atoms with Crippen LogP contribution in [0.2, 0.25) is 0 Å². The maximum absolute atomic E-state index is 13.4. The fourth-order valence-electron chi connectivity index (χ4n) is 5.83. The Morgan fingerprint density at radius 2 is 1.70 bits per heavy atom. The molecule has 210 valence electrons. The van der Waals surface area contributed by atoms with E-state index in [1.807, 2.05) is 68.1 Å². The third kappa shape index (κ3) is 5.33. The minimum atomic E-state index is -0.468. The summed E-state index contributed by atoms with van der Waals surface area (Å²) in [5.74, 6) is -0.165. The molecule has 2 aromatic carbocycles. The van der Waals surface area contributed by atoms with Crippen LogP contribution in [0.25, 0.3) is 11.1 Å². The molecule has 9 heteroatoms. The lowest BCUT2D eigenvalue weighted by Gasteiger charge is -2.38. The van der Waals surface area contributed by atoms with Gasteiger partial charge in [0, 0.05) is 44.1 Å². The van der Waals surface area contributed by atoms with Gasteiger partial charge in [0.2, 0.25) is 5.91 Å². The summed E-state index contributed by atoms with van der Waals surface area (Å²) in [6.45, 7) is 7.67. The molecule has 3 heterocycles. The van der Waals surface area contributed by atoms with Gasteiger partial charge in [-0.25, -0.2) is 9.59 Å². The number of nitrogens with one attached hydrogen (secondary N) is 1. The Morgan fingerprint density at radius 3 is 2.45 bits per heavy atom. The average Bonchev–Trinajstić information content (AvgIpc) is 3.12. The summed E-state index contributed by atoms with van der Waals surface area (Å²) in [5.41, 5.74) is 4.41. The van der Waals surface area contributed by atoms with Gasteiger partial charge in [0.05, 0.1) is 5.56 Å². The van der Waals surface area contributed by atoms with Crippen molar-refractivity contribution in [2.75, 3.05) is 25.0 Å². The van der Waals surface area contributed by atoms with Crippen LogP contribution in [0, 0.1) is 13.8 Å². The first-order valence-corrected chi connectivity index (χ1v) is 14.1. The zero-order valence-electron chi connectivity index (χ0n) is 23.5. The van der Waals surface area contributed by atoms with Gasteiger partial charge < -0.3 is 15.1 Å². The van der Waals surface area contributed by atoms with E-state index in [2.05, 4.69) is 5.32 Å². The number of aromatic nitrogens is 2. The van der Waals surface area contributed by atoms with Crippen molar-refractivity contribution in [1.29, 1.82) is 0 Å². The van der Waals surface area contributed by atoms with Crippen molar-refractivity contribution < 1.29 is 9.59 Å². The van der Waals surface area contributed by atoms with Crippen LogP contribution in [0.5, 0.6) is 0 Å². The zero-order valence-corrected chi connectivity index (χ0v) is 23.5. The molecule has 3 aromatic rings. The van der Waals surface area contributed by atoms with E-state index in [-0.39, 0.29) is 36.6 Å². The van der Waals surface area contributed by atoms with Crippen molar-refractivity contribution in [2.45, 2.75) is 65.6 Å². The van der Waals surface area contributed by atoms with Crippen molar-refractivity contribution in [3.63, 3.8) is 0 Å². The lowest BCUT2D eigenvalue weighted by molar-refractivity contribution is -0.133. The first-order valence-electron chi connectivity index (χ1n) is 14.1. The number of benzene rings is 2. The van der Waals surface area contributed by atoms with E-state index in [1.54, 1.807) is 11.1 Å². The van der Waals surface area contributed by atoms with Crippen LogP contribution in [0.3, 0.4) is 0 Å². The molecule has 0 aliphatic carbocycles. The van der Waals surface area contributed by atoms with Gasteiger partial charge in [0.15, 0.2) is 0 Å². The van der Waals surface area contributed by atoms with Crippen LogP contribution in [0.1, 0.15) is 42.9 Å². The van der Waals surface area contributed by atoms with Crippen molar-refractivity contribution >= 4 is 17.6 Å². The van der Waals surface area contributed by atoms with E-state index in [4.69, 9.17) is 0 Å². The van der Waals surface area contributed by atoms with Crippen molar-refractivity contribution in [1.82, 2.24) is 18.9 Å². The molecular weight excluding hydrogens is 506 g/mol. The summed E-state index contributed by atoms with van der Waals surface area (Å²) >= 11 is 0. The van der Waals surface area contributed by atoms with Crippen LogP contribution in [-0.4, -0.2) is 56.5 Å². The second-order valence-corrected chi connectivity index (χ2v) is 10.8. The van der Waals surface area contributed by atoms with Crippen molar-refractivity contribution in [2.24, 2.45) is 0 Å². The molecule has 0 saturated carbocycles. The topological polar surface area (TPSA) is 96.7 Å². The molecule has 3 amide bonds. The number of rotatable bonds is 6. The van der Waals surface area contributed by atoms with E-state index >= 15 is 0 Å². The fraction of sp³-hybridized carbons (Fsp3) is 0.419. The van der Waals surface area contributed by atoms with Crippen molar-refractivity contribution in [3.8, 4) is 11.1 Å². The number of carbonyl (C=O) groups is 2. The van der Waals surface area contributed by atoms with E-state index in [1.165, 1.54) is 9.13 Å². The first-order chi connectivity index (χ1) is 19.3. The number of urea groups is 1. The van der Waals surface area contributed by atoms with Crippen LogP contribution in [0.15, 0.2) is 58.3 Å². The number of piperidine rings is 1. The van der Waals surface area contributed by atoms with Gasteiger partial charge in [-0.3, -0.25) is 18.7 Å². The second-order valence-electron chi connectivity index (χ2n) is 10.8. The number of para-hydroxylation sites is 1. The lowest BCUT2D eigenvalue weighted by Crippen LogP contribution is -2.51. The smallest absolute Gasteiger partial charge is 0.331 e. The summed E-state index contributed by atoms with van der Waals surface area (Å²) in [5, 5.41) is 3.03. The Morgan fingerprint density at radius 1 is 0.950 bits per heavy atom. The highest BCUT2D eigenvalue weighted by atomic mass is 16.2. The number of hydrogen-bond acceptors (Lipinski definition) is 4. The van der Waals surface area contributed by atoms with Gasteiger partial charge in [-0.05, 0) is 67.9 Å². The summed E-state index contributed by atoms with van der Waals surface area (Å²) in [6, 6.07) is 13.6. The molecule has 0 bridgehead atoms. The highest BCUT2D eigenvalue weighted by Gasteiger charge is 2.31. The average molecular weight is 544 g/mol. The number of fused-ring (bicyclic) bond motifs is 1. The highest BCUT2D eigenvalue weighted by Crippen LogP contribution is 2.25. The van der Waals surface area contributed by atoms with Crippen LogP contribution < -0.4 is 16.6 Å². The number of hydrogen-bond donors (Lipinski definition) is 1. The number of carbonyl (C=O) groups excluding carboxylic acids is 2. The summed E-state index contributed by atoms with van der Waals surface area (Å²) in [6.07, 6.45) is 4.30. The Kier molecular flexibility index (Phi) is 7.91. The van der Waals surface area contributed by atoms with Gasteiger partial charge in [0.25, 0.3) is 5.56 Å². The SMILES string of the molecule is CCCn1c(=O)c(-c2cccc(C)c2C)cn(CC(=O)N2CCC(N3CCc4ccccc4NC3=O)CC2)c1=O. The molecule has 1 N–H and O–H groups in total. The number of anilines is 1. The molecule has 2 aliphatic rings. The molecule has 9 nitrogen and oxygen atoms in total. The molecule has 0 atom stereocenters. The highest BCUT2D eigenvalue weighted by molar-refractivity contribution is 5.91. The van der Waals surface area contributed by atoms with Crippen LogP contribution in [0.4, 0.5) is 10.5 Å². The van der Waals surface area contributed by atoms with E-state index in [9.17, 15) is 19.2 Å². The number of nitrogens with zero attached hydrogens (tertiary/aromatic N) is 4. The molecular formula is C31H37N5O4. The minimum absolute atomic E-state index is 0.0449. The number of amides is 3. The van der Waals surface area contributed by atoms with Gasteiger partial charge >= 0.3 is 11.7 Å². The van der Waals surface area contributed by atoms with Gasteiger partial charge in [-0.15, -0.1) is 0 Å². The third-order valence-electron chi connectivity index (χ3n) is 8.28. The number of aryl methyl sites for hydroxylation is 1. The Hall–Kier alpha value is -4.14. The van der Waals surface area contributed by atoms with Crippen LogP contribution >= 0.6 is 0 Å². The van der Waals surface area contributed by atoms with Gasteiger partial charge in [-0.2, -0.15) is 0 Å². The molecule has 0 unspecified atom stereocenters. The molecule has 5 rings (SSSR count). The second kappa shape index (κ2) is 11.5. The third-order valence-corrected chi connectivity index (χ3v) is 8.28. The Bertz CT molecular complexity index is 1550. The largest absolute Gasteiger partial charge is 0.341 e. The van der Waals surface area contributed by atoms with Crippen molar-refractivity contribution in [3.05, 3.63) is 86.2 Å². The van der Waals surface area contributed by atoms with Crippen LogP contribution in [-0.2, 0) is 24.3 Å². The minimum Gasteiger partial charge on any atom is -0.341 e. The normalized spacial score (nSPS) is 15.9. The molecule has 1 saturated heterocycles. The summed E-state index contributed by atoms with van der Waals surface area (Å²) < 4.78 is 2.62. The first kappa shape index (κ1) is 27.4. The van der Waals surface area contributed by atoms with E-state index in [0.717, 1.165) is 34.4 Å². The lowest BCUT2D eigenvalue weighted by atomic mass is 9.99. The molecule has 0 spiro atoms. The summed E-state index contributed by atoms with van der Waals surface area (Å²) in [4.78, 5) is 56.5. The maximum atomic E-state index is 13.4. The maximum Gasteiger partial charge on any atom is 0.331 e. The number of likely N-dealkylation sites (tertiary alicyclic amines) is 1. The Labute approximate surface area is 234 Å². The fourth-order valence-corrected chi connectivity index (χ4v) is 5.83. The zero-order chi connectivity index (χ0) is 28.4. The monoisotopic (exact) mass is 543 g/mol. The van der Waals surface area contributed by atoms with E-state index < -0.39 is 5.69 Å². The van der Waals surface area contributed by atoms with Gasteiger partial charge in [-0.1, -0.05) is 43.3 Å². The molecule has 40 heavy (non-hydrogen) atoms. The standard InChI is InChI=1S/C31H37N5O4/c1-4-15-36-29(38)26(25-10-7-8-21(2)22(25)3)19-34(31(36)40)20-28(37)33-16-13-24(14-17-33)35-18-12-23-9-5-6-11-27(23)32-30(35)39/h5-11,19,24H,4,12-18,20H2,1-3H3,(H,32,39). The Balaban J connectivity index is 1.31. The molecule has 1 aromatic heterocycles. The summed E-state index contributed by atoms with van der Waals surface area (Å²) in [7, 11) is 0.